The van der Waals surface area contributed by atoms with E-state index in [1.807, 2.05) is 31.2 Å². The standard InChI is InChI=1S/C22H22ClN5O3S/c1-14-19(15-4-2-5-16(23)10-15)20-21(32-14)24-13-27(22(20)29)12-17-11-25-26-28(17)7-6-18-30-8-3-9-31-18/h2,4-5,10-11,13,18H,3,6-9,12H2,1H3. The summed E-state index contributed by atoms with van der Waals surface area (Å²) in [6.07, 6.45) is 4.63. The number of hydrogen-bond donors (Lipinski definition) is 0. The fourth-order valence-corrected chi connectivity index (χ4v) is 5.13. The Balaban J connectivity index is 1.45. The molecule has 10 heteroatoms. The minimum Gasteiger partial charge on any atom is -0.353 e. The van der Waals surface area contributed by atoms with Crippen LogP contribution in [0.15, 0.2) is 41.6 Å². The first-order chi connectivity index (χ1) is 15.6. The van der Waals surface area contributed by atoms with E-state index in [-0.39, 0.29) is 11.8 Å². The van der Waals surface area contributed by atoms with Crippen LogP contribution >= 0.6 is 22.9 Å². The number of halogens is 1. The normalized spacial score (nSPS) is 14.9. The smallest absolute Gasteiger partial charge is 0.263 e. The van der Waals surface area contributed by atoms with Crippen molar-refractivity contribution in [2.24, 2.45) is 0 Å². The number of ether oxygens (including phenoxy) is 2. The molecule has 0 saturated carbocycles. The summed E-state index contributed by atoms with van der Waals surface area (Å²) in [5.74, 6) is 0. The van der Waals surface area contributed by atoms with Gasteiger partial charge in [0.2, 0.25) is 0 Å². The van der Waals surface area contributed by atoms with Crippen LogP contribution in [0.2, 0.25) is 5.02 Å². The van der Waals surface area contributed by atoms with Gasteiger partial charge >= 0.3 is 0 Å². The maximum atomic E-state index is 13.5. The zero-order chi connectivity index (χ0) is 22.1. The van der Waals surface area contributed by atoms with Crippen LogP contribution in [0.4, 0.5) is 0 Å². The van der Waals surface area contributed by atoms with Crippen molar-refractivity contribution in [1.82, 2.24) is 24.5 Å². The Bertz CT molecular complexity index is 1310. The Labute approximate surface area is 193 Å². The minimum absolute atomic E-state index is 0.0963. The molecular weight excluding hydrogens is 450 g/mol. The third kappa shape index (κ3) is 4.21. The van der Waals surface area contributed by atoms with E-state index in [0.29, 0.717) is 43.1 Å². The van der Waals surface area contributed by atoms with Crippen LogP contribution in [-0.2, 0) is 22.6 Å². The molecule has 1 aromatic carbocycles. The van der Waals surface area contributed by atoms with Gasteiger partial charge in [0.1, 0.15) is 4.83 Å². The summed E-state index contributed by atoms with van der Waals surface area (Å²) in [4.78, 5) is 19.8. The van der Waals surface area contributed by atoms with E-state index in [0.717, 1.165) is 32.9 Å². The van der Waals surface area contributed by atoms with Crippen LogP contribution in [0.5, 0.6) is 0 Å². The lowest BCUT2D eigenvalue weighted by atomic mass is 10.0. The van der Waals surface area contributed by atoms with E-state index in [2.05, 4.69) is 15.3 Å². The Morgan fingerprint density at radius 3 is 2.94 bits per heavy atom. The summed E-state index contributed by atoms with van der Waals surface area (Å²) in [5, 5.41) is 9.45. The molecule has 8 nitrogen and oxygen atoms in total. The van der Waals surface area contributed by atoms with Crippen molar-refractivity contribution in [2.45, 2.75) is 39.1 Å². The molecule has 0 atom stereocenters. The van der Waals surface area contributed by atoms with Crippen LogP contribution in [-0.4, -0.2) is 44.0 Å². The lowest BCUT2D eigenvalue weighted by Gasteiger charge is -2.23. The van der Waals surface area contributed by atoms with Gasteiger partial charge in [0.25, 0.3) is 5.56 Å². The molecule has 0 N–H and O–H groups in total. The lowest BCUT2D eigenvalue weighted by Crippen LogP contribution is -2.27. The second kappa shape index (κ2) is 9.11. The molecule has 1 aliphatic rings. The first-order valence-electron chi connectivity index (χ1n) is 10.4. The molecule has 3 aromatic heterocycles. The zero-order valence-electron chi connectivity index (χ0n) is 17.5. The molecular formula is C22H22ClN5O3S. The Morgan fingerprint density at radius 1 is 1.28 bits per heavy atom. The predicted octanol–water partition coefficient (Wildman–Crippen LogP) is 3.88. The highest BCUT2D eigenvalue weighted by atomic mass is 35.5. The quantitative estimate of drug-likeness (QED) is 0.424. The van der Waals surface area contributed by atoms with Gasteiger partial charge in [0.15, 0.2) is 6.29 Å². The minimum atomic E-state index is -0.226. The van der Waals surface area contributed by atoms with E-state index < -0.39 is 0 Å². The van der Waals surface area contributed by atoms with Crippen LogP contribution in [0, 0.1) is 6.92 Å². The van der Waals surface area contributed by atoms with Gasteiger partial charge in [-0.1, -0.05) is 28.9 Å². The number of thiophene rings is 1. The molecule has 5 rings (SSSR count). The number of fused-ring (bicyclic) bond motifs is 1. The molecule has 0 radical (unpaired) electrons. The molecule has 1 aliphatic heterocycles. The molecule has 1 saturated heterocycles. The maximum Gasteiger partial charge on any atom is 0.263 e. The first kappa shape index (κ1) is 21.3. The van der Waals surface area contributed by atoms with E-state index in [4.69, 9.17) is 21.1 Å². The van der Waals surface area contributed by atoms with Crippen molar-refractivity contribution in [3.63, 3.8) is 0 Å². The number of nitrogens with zero attached hydrogens (tertiary/aromatic N) is 5. The van der Waals surface area contributed by atoms with Crippen molar-refractivity contribution in [1.29, 1.82) is 0 Å². The van der Waals surface area contributed by atoms with Crippen LogP contribution < -0.4 is 5.56 Å². The van der Waals surface area contributed by atoms with Gasteiger partial charge in [0, 0.05) is 28.4 Å². The number of aryl methyl sites for hydroxylation is 2. The molecule has 0 aliphatic carbocycles. The highest BCUT2D eigenvalue weighted by Gasteiger charge is 2.19. The van der Waals surface area contributed by atoms with Gasteiger partial charge in [-0.25, -0.2) is 9.67 Å². The summed E-state index contributed by atoms with van der Waals surface area (Å²) in [6.45, 7) is 4.34. The average molecular weight is 472 g/mol. The molecule has 166 valence electrons. The van der Waals surface area contributed by atoms with Crippen molar-refractivity contribution >= 4 is 33.2 Å². The van der Waals surface area contributed by atoms with Crippen molar-refractivity contribution < 1.29 is 9.47 Å². The molecule has 4 aromatic rings. The van der Waals surface area contributed by atoms with E-state index in [9.17, 15) is 4.79 Å². The molecule has 0 spiro atoms. The third-order valence-corrected chi connectivity index (χ3v) is 6.72. The van der Waals surface area contributed by atoms with Crippen LogP contribution in [0.1, 0.15) is 23.4 Å². The molecule has 0 bridgehead atoms. The summed E-state index contributed by atoms with van der Waals surface area (Å²) in [7, 11) is 0. The van der Waals surface area contributed by atoms with Gasteiger partial charge in [-0.05, 0) is 31.0 Å². The predicted molar refractivity (Wildman–Crippen MR) is 123 cm³/mol. The summed E-state index contributed by atoms with van der Waals surface area (Å²) < 4.78 is 14.6. The number of aromatic nitrogens is 5. The topological polar surface area (TPSA) is 84.1 Å². The van der Waals surface area contributed by atoms with Crippen molar-refractivity contribution in [2.75, 3.05) is 13.2 Å². The second-order valence-corrected chi connectivity index (χ2v) is 9.30. The number of benzene rings is 1. The molecule has 4 heterocycles. The van der Waals surface area contributed by atoms with Gasteiger partial charge < -0.3 is 9.47 Å². The van der Waals surface area contributed by atoms with E-state index in [1.54, 1.807) is 21.8 Å². The fraction of sp³-hybridized carbons (Fsp3) is 0.364. The van der Waals surface area contributed by atoms with E-state index >= 15 is 0 Å². The number of rotatable bonds is 6. The highest BCUT2D eigenvalue weighted by molar-refractivity contribution is 7.19. The Kier molecular flexibility index (Phi) is 6.05. The van der Waals surface area contributed by atoms with Crippen LogP contribution in [0.25, 0.3) is 21.3 Å². The molecule has 0 unspecified atom stereocenters. The SMILES string of the molecule is Cc1sc2ncn(Cc3cnnn3CCC3OCCCO3)c(=O)c2c1-c1cccc(Cl)c1. The van der Waals surface area contributed by atoms with Crippen LogP contribution in [0.3, 0.4) is 0 Å². The zero-order valence-corrected chi connectivity index (χ0v) is 19.1. The van der Waals surface area contributed by atoms with Gasteiger partial charge in [0.05, 0.1) is 43.4 Å². The highest BCUT2D eigenvalue weighted by Crippen LogP contribution is 2.36. The molecule has 32 heavy (non-hydrogen) atoms. The first-order valence-corrected chi connectivity index (χ1v) is 11.6. The van der Waals surface area contributed by atoms with Gasteiger partial charge in [-0.15, -0.1) is 16.4 Å². The largest absolute Gasteiger partial charge is 0.353 e. The Morgan fingerprint density at radius 2 is 2.12 bits per heavy atom. The second-order valence-electron chi connectivity index (χ2n) is 7.66. The molecule has 0 amide bonds. The van der Waals surface area contributed by atoms with Gasteiger partial charge in [-0.3, -0.25) is 9.36 Å². The number of hydrogen-bond acceptors (Lipinski definition) is 7. The summed E-state index contributed by atoms with van der Waals surface area (Å²) >= 11 is 7.72. The van der Waals surface area contributed by atoms with Crippen molar-refractivity contribution in [3.8, 4) is 11.1 Å². The van der Waals surface area contributed by atoms with E-state index in [1.165, 1.54) is 11.3 Å². The summed E-state index contributed by atoms with van der Waals surface area (Å²) in [6, 6.07) is 7.55. The fourth-order valence-electron chi connectivity index (χ4n) is 3.94. The average Bonchev–Trinajstić information content (AvgIpc) is 3.38. The van der Waals surface area contributed by atoms with Gasteiger partial charge in [-0.2, -0.15) is 0 Å². The monoisotopic (exact) mass is 471 g/mol. The third-order valence-electron chi connectivity index (χ3n) is 5.47. The Hall–Kier alpha value is -2.59. The van der Waals surface area contributed by atoms with Crippen molar-refractivity contribution in [3.05, 3.63) is 62.7 Å². The maximum absolute atomic E-state index is 13.5. The lowest BCUT2D eigenvalue weighted by molar-refractivity contribution is -0.182. The summed E-state index contributed by atoms with van der Waals surface area (Å²) in [5.41, 5.74) is 2.52. The molecule has 1 fully saturated rings.